The third-order valence-electron chi connectivity index (χ3n) is 3.60. The number of nitrogens with two attached hydrogens (primary N) is 1. The summed E-state index contributed by atoms with van der Waals surface area (Å²) >= 11 is 0. The number of carbonyl (C=O) groups excluding carboxylic acids is 1. The van der Waals surface area contributed by atoms with Crippen molar-refractivity contribution in [3.05, 3.63) is 29.8 Å². The van der Waals surface area contributed by atoms with E-state index in [2.05, 4.69) is 0 Å². The summed E-state index contributed by atoms with van der Waals surface area (Å²) in [5, 5.41) is 0. The highest BCUT2D eigenvalue weighted by Gasteiger charge is 2.32. The number of para-hydroxylation sites is 1. The monoisotopic (exact) mass is 247 g/mol. The minimum atomic E-state index is -0.295. The fourth-order valence-electron chi connectivity index (χ4n) is 2.65. The summed E-state index contributed by atoms with van der Waals surface area (Å²) in [5.41, 5.74) is 6.63. The topological polar surface area (TPSA) is 52.3 Å². The maximum atomic E-state index is 12.3. The highest BCUT2D eigenvalue weighted by atomic mass is 16.5. The highest BCUT2D eigenvalue weighted by molar-refractivity contribution is 5.99. The quantitative estimate of drug-likeness (QED) is 0.814. The van der Waals surface area contributed by atoms with Crippen molar-refractivity contribution >= 4 is 5.78 Å². The van der Waals surface area contributed by atoms with Gasteiger partial charge in [-0.25, -0.2) is 0 Å². The van der Waals surface area contributed by atoms with Crippen molar-refractivity contribution in [2.75, 3.05) is 6.61 Å². The van der Waals surface area contributed by atoms with E-state index < -0.39 is 0 Å². The van der Waals surface area contributed by atoms with Crippen LogP contribution >= 0.6 is 0 Å². The molecule has 1 aromatic carbocycles. The summed E-state index contributed by atoms with van der Waals surface area (Å²) in [6, 6.07) is 7.42. The van der Waals surface area contributed by atoms with Crippen LogP contribution in [0.3, 0.4) is 0 Å². The molecule has 2 N–H and O–H groups in total. The van der Waals surface area contributed by atoms with Crippen LogP contribution in [0.25, 0.3) is 0 Å². The fourth-order valence-corrected chi connectivity index (χ4v) is 2.65. The second kappa shape index (κ2) is 5.53. The number of ether oxygens (including phenoxy) is 1. The number of carbonyl (C=O) groups is 1. The second-order valence-electron chi connectivity index (χ2n) is 5.10. The van der Waals surface area contributed by atoms with Gasteiger partial charge >= 0.3 is 0 Å². The van der Waals surface area contributed by atoms with Gasteiger partial charge in [0.15, 0.2) is 5.78 Å². The maximum Gasteiger partial charge on any atom is 0.168 e. The molecule has 2 rings (SSSR count). The van der Waals surface area contributed by atoms with Crippen LogP contribution in [0.15, 0.2) is 24.3 Å². The molecule has 0 radical (unpaired) electrons. The van der Waals surface area contributed by atoms with Crippen LogP contribution in [0.5, 0.6) is 5.75 Å². The van der Waals surface area contributed by atoms with Gasteiger partial charge in [0.2, 0.25) is 0 Å². The van der Waals surface area contributed by atoms with Crippen molar-refractivity contribution in [2.45, 2.75) is 44.6 Å². The van der Waals surface area contributed by atoms with Gasteiger partial charge in [0.1, 0.15) is 5.75 Å². The average molecular weight is 247 g/mol. The molecule has 0 amide bonds. The third-order valence-corrected chi connectivity index (χ3v) is 3.60. The Labute approximate surface area is 108 Å². The summed E-state index contributed by atoms with van der Waals surface area (Å²) in [4.78, 5) is 12.3. The van der Waals surface area contributed by atoms with E-state index in [4.69, 9.17) is 10.5 Å². The molecule has 3 heteroatoms. The lowest BCUT2D eigenvalue weighted by molar-refractivity contribution is 0.0948. The predicted molar refractivity (Wildman–Crippen MR) is 71.9 cm³/mol. The number of hydrogen-bond donors (Lipinski definition) is 1. The first-order valence-corrected chi connectivity index (χ1v) is 6.68. The van der Waals surface area contributed by atoms with Crippen LogP contribution in [0.1, 0.15) is 49.4 Å². The molecule has 0 aromatic heterocycles. The standard InChI is InChI=1S/C15H21NO2/c1-2-18-14-8-4-3-7-12(14)13(17)11-15(16)9-5-6-10-15/h3-4,7-8H,2,5-6,9-11,16H2,1H3. The molecule has 0 atom stereocenters. The number of benzene rings is 1. The van der Waals surface area contributed by atoms with Crippen LogP contribution in [0.2, 0.25) is 0 Å². The Morgan fingerprint density at radius 1 is 1.33 bits per heavy atom. The minimum absolute atomic E-state index is 0.100. The van der Waals surface area contributed by atoms with Crippen molar-refractivity contribution in [1.82, 2.24) is 0 Å². The lowest BCUT2D eigenvalue weighted by atomic mass is 9.90. The highest BCUT2D eigenvalue weighted by Crippen LogP contribution is 2.32. The molecule has 0 bridgehead atoms. The molecular formula is C15H21NO2. The Hall–Kier alpha value is -1.35. The van der Waals surface area contributed by atoms with Crippen molar-refractivity contribution in [1.29, 1.82) is 0 Å². The molecule has 1 aliphatic carbocycles. The van der Waals surface area contributed by atoms with Crippen LogP contribution in [-0.2, 0) is 0 Å². The molecule has 98 valence electrons. The van der Waals surface area contributed by atoms with Gasteiger partial charge in [0.05, 0.1) is 12.2 Å². The third kappa shape index (κ3) is 2.91. The first kappa shape index (κ1) is 13.1. The summed E-state index contributed by atoms with van der Waals surface area (Å²) in [5.74, 6) is 0.773. The van der Waals surface area contributed by atoms with Gasteiger partial charge in [-0.2, -0.15) is 0 Å². The summed E-state index contributed by atoms with van der Waals surface area (Å²) in [6.45, 7) is 2.49. The molecule has 0 unspecified atom stereocenters. The van der Waals surface area contributed by atoms with E-state index in [1.54, 1.807) is 0 Å². The van der Waals surface area contributed by atoms with E-state index in [0.717, 1.165) is 25.7 Å². The zero-order valence-electron chi connectivity index (χ0n) is 10.9. The first-order valence-electron chi connectivity index (χ1n) is 6.68. The zero-order chi connectivity index (χ0) is 13.0. The lowest BCUT2D eigenvalue weighted by Gasteiger charge is -2.22. The Morgan fingerprint density at radius 3 is 2.67 bits per heavy atom. The molecule has 0 heterocycles. The van der Waals surface area contributed by atoms with Gasteiger partial charge in [-0.1, -0.05) is 25.0 Å². The molecule has 1 saturated carbocycles. The summed E-state index contributed by atoms with van der Waals surface area (Å²) < 4.78 is 5.49. The van der Waals surface area contributed by atoms with Crippen LogP contribution in [0.4, 0.5) is 0 Å². The zero-order valence-corrected chi connectivity index (χ0v) is 10.9. The van der Waals surface area contributed by atoms with Gasteiger partial charge in [0.25, 0.3) is 0 Å². The first-order chi connectivity index (χ1) is 8.64. The Kier molecular flexibility index (Phi) is 4.02. The maximum absolute atomic E-state index is 12.3. The number of hydrogen-bond acceptors (Lipinski definition) is 3. The Morgan fingerprint density at radius 2 is 2.00 bits per heavy atom. The Bertz CT molecular complexity index is 422. The lowest BCUT2D eigenvalue weighted by Crippen LogP contribution is -2.38. The van der Waals surface area contributed by atoms with Gasteiger partial charge in [-0.05, 0) is 31.9 Å². The van der Waals surface area contributed by atoms with E-state index in [0.29, 0.717) is 24.3 Å². The van der Waals surface area contributed by atoms with E-state index in [1.807, 2.05) is 31.2 Å². The molecule has 0 spiro atoms. The average Bonchev–Trinajstić information content (AvgIpc) is 2.77. The van der Waals surface area contributed by atoms with E-state index in [1.165, 1.54) is 0 Å². The van der Waals surface area contributed by atoms with Gasteiger partial charge in [-0.3, -0.25) is 4.79 Å². The Balaban J connectivity index is 2.13. The second-order valence-corrected chi connectivity index (χ2v) is 5.10. The van der Waals surface area contributed by atoms with Crippen LogP contribution in [0, 0.1) is 0 Å². The predicted octanol–water partition coefficient (Wildman–Crippen LogP) is 2.93. The van der Waals surface area contributed by atoms with Crippen LogP contribution in [-0.4, -0.2) is 17.9 Å². The summed E-state index contributed by atoms with van der Waals surface area (Å²) in [7, 11) is 0. The largest absolute Gasteiger partial charge is 0.493 e. The van der Waals surface area contributed by atoms with Crippen molar-refractivity contribution in [2.24, 2.45) is 5.73 Å². The van der Waals surface area contributed by atoms with Gasteiger partial charge < -0.3 is 10.5 Å². The number of ketones is 1. The van der Waals surface area contributed by atoms with E-state index >= 15 is 0 Å². The number of Topliss-reactive ketones (excluding diaryl/α,β-unsaturated/α-hetero) is 1. The molecule has 0 aliphatic heterocycles. The molecule has 3 nitrogen and oxygen atoms in total. The molecule has 1 aromatic rings. The van der Waals surface area contributed by atoms with Crippen molar-refractivity contribution < 1.29 is 9.53 Å². The van der Waals surface area contributed by atoms with E-state index in [-0.39, 0.29) is 11.3 Å². The molecule has 1 fully saturated rings. The smallest absolute Gasteiger partial charge is 0.168 e. The van der Waals surface area contributed by atoms with Gasteiger partial charge in [-0.15, -0.1) is 0 Å². The van der Waals surface area contributed by atoms with Crippen molar-refractivity contribution in [3.8, 4) is 5.75 Å². The molecule has 0 saturated heterocycles. The number of rotatable bonds is 5. The van der Waals surface area contributed by atoms with Crippen LogP contribution < -0.4 is 10.5 Å². The minimum Gasteiger partial charge on any atom is -0.493 e. The molecular weight excluding hydrogens is 226 g/mol. The molecule has 18 heavy (non-hydrogen) atoms. The van der Waals surface area contributed by atoms with Gasteiger partial charge in [0, 0.05) is 12.0 Å². The normalized spacial score (nSPS) is 17.7. The summed E-state index contributed by atoms with van der Waals surface area (Å²) in [6.07, 6.45) is 4.61. The fraction of sp³-hybridized carbons (Fsp3) is 0.533. The molecule has 1 aliphatic rings. The van der Waals surface area contributed by atoms with E-state index in [9.17, 15) is 4.79 Å². The van der Waals surface area contributed by atoms with Crippen molar-refractivity contribution in [3.63, 3.8) is 0 Å². The SMILES string of the molecule is CCOc1ccccc1C(=O)CC1(N)CCCC1.